The summed E-state index contributed by atoms with van der Waals surface area (Å²) >= 11 is 0. The number of carbonyl (C=O) groups excluding carboxylic acids is 1. The average Bonchev–Trinajstić information content (AvgIpc) is 3.33. The Bertz CT molecular complexity index is 1160. The van der Waals surface area contributed by atoms with E-state index in [0.29, 0.717) is 17.3 Å². The predicted molar refractivity (Wildman–Crippen MR) is 110 cm³/mol. The van der Waals surface area contributed by atoms with Crippen molar-refractivity contribution in [3.8, 4) is 11.5 Å². The van der Waals surface area contributed by atoms with Crippen molar-refractivity contribution in [1.82, 2.24) is 25.5 Å². The fraction of sp³-hybridized carbons (Fsp3) is 0.273. The van der Waals surface area contributed by atoms with Crippen LogP contribution in [0.15, 0.2) is 47.0 Å². The van der Waals surface area contributed by atoms with E-state index in [-0.39, 0.29) is 18.4 Å². The molecule has 7 heteroatoms. The first-order valence-corrected chi connectivity index (χ1v) is 9.69. The smallest absolute Gasteiger partial charge is 0.225 e. The summed E-state index contributed by atoms with van der Waals surface area (Å²) in [7, 11) is 0. The molecule has 0 spiro atoms. The lowest BCUT2D eigenvalue weighted by Crippen LogP contribution is -2.29. The van der Waals surface area contributed by atoms with Crippen molar-refractivity contribution in [3.05, 3.63) is 65.3 Å². The lowest BCUT2D eigenvalue weighted by molar-refractivity contribution is -0.121. The molecule has 0 aliphatic heterocycles. The van der Waals surface area contributed by atoms with Gasteiger partial charge in [0, 0.05) is 23.6 Å². The first-order chi connectivity index (χ1) is 14.0. The number of H-pyrrole nitrogens is 1. The molecule has 1 atom stereocenters. The zero-order chi connectivity index (χ0) is 20.4. The Balaban J connectivity index is 1.48. The average molecular weight is 389 g/mol. The number of aryl methyl sites for hydroxylation is 2. The van der Waals surface area contributed by atoms with Gasteiger partial charge in [0.1, 0.15) is 22.9 Å². The third-order valence-corrected chi connectivity index (χ3v) is 4.88. The summed E-state index contributed by atoms with van der Waals surface area (Å²) in [4.78, 5) is 21.5. The number of fused-ring (bicyclic) bond motifs is 1. The second-order valence-corrected chi connectivity index (χ2v) is 7.08. The number of amides is 1. The second-order valence-electron chi connectivity index (χ2n) is 7.08. The summed E-state index contributed by atoms with van der Waals surface area (Å²) in [6, 6.07) is 11.3. The first kappa shape index (κ1) is 18.9. The molecule has 0 aliphatic carbocycles. The topological polar surface area (TPSA) is 96.7 Å². The molecule has 0 bridgehead atoms. The van der Waals surface area contributed by atoms with E-state index in [4.69, 9.17) is 4.42 Å². The fourth-order valence-electron chi connectivity index (χ4n) is 3.39. The van der Waals surface area contributed by atoms with Gasteiger partial charge in [0.25, 0.3) is 0 Å². The maximum absolute atomic E-state index is 12.7. The van der Waals surface area contributed by atoms with Crippen LogP contribution >= 0.6 is 0 Å². The minimum absolute atomic E-state index is 0.0922. The van der Waals surface area contributed by atoms with Crippen LogP contribution in [0.3, 0.4) is 0 Å². The molecule has 29 heavy (non-hydrogen) atoms. The molecule has 148 valence electrons. The number of aromatic nitrogens is 4. The van der Waals surface area contributed by atoms with Gasteiger partial charge in [-0.1, -0.05) is 25.1 Å². The molecular formula is C22H23N5O2. The highest BCUT2D eigenvalue weighted by Gasteiger charge is 2.19. The molecule has 1 aromatic carbocycles. The summed E-state index contributed by atoms with van der Waals surface area (Å²) in [6.45, 7) is 5.89. The number of hydrogen-bond donors (Lipinski definition) is 2. The Kier molecular flexibility index (Phi) is 5.12. The van der Waals surface area contributed by atoms with Crippen LogP contribution in [0.1, 0.15) is 42.6 Å². The van der Waals surface area contributed by atoms with Crippen molar-refractivity contribution >= 4 is 16.9 Å². The summed E-state index contributed by atoms with van der Waals surface area (Å²) in [5, 5.41) is 11.1. The van der Waals surface area contributed by atoms with Gasteiger partial charge in [0.05, 0.1) is 12.5 Å². The molecule has 3 heterocycles. The maximum Gasteiger partial charge on any atom is 0.225 e. The van der Waals surface area contributed by atoms with Crippen molar-refractivity contribution in [2.45, 2.75) is 39.7 Å². The van der Waals surface area contributed by atoms with E-state index in [9.17, 15) is 4.79 Å². The van der Waals surface area contributed by atoms with Crippen LogP contribution in [-0.2, 0) is 17.6 Å². The fourth-order valence-corrected chi connectivity index (χ4v) is 3.39. The van der Waals surface area contributed by atoms with Gasteiger partial charge in [0.15, 0.2) is 5.82 Å². The second kappa shape index (κ2) is 7.87. The lowest BCUT2D eigenvalue weighted by atomic mass is 10.1. The zero-order valence-electron chi connectivity index (χ0n) is 16.7. The standard InChI is InChI=1S/C22H23N5O2/c1-4-18-16(15-7-5-6-8-19(15)29-18)12-20(28)24-14(3)21-25-22(27-26-21)17-11-13(2)9-10-23-17/h5-11,14H,4,12H2,1-3H3,(H,24,28)(H,25,26,27). The molecule has 0 saturated heterocycles. The van der Waals surface area contributed by atoms with Gasteiger partial charge in [-0.05, 0) is 37.6 Å². The molecule has 3 aromatic heterocycles. The molecule has 4 aromatic rings. The maximum atomic E-state index is 12.7. The van der Waals surface area contributed by atoms with Crippen LogP contribution in [0.4, 0.5) is 0 Å². The molecule has 0 radical (unpaired) electrons. The molecule has 4 rings (SSSR count). The molecular weight excluding hydrogens is 366 g/mol. The Morgan fingerprint density at radius 3 is 2.90 bits per heavy atom. The van der Waals surface area contributed by atoms with Crippen molar-refractivity contribution in [1.29, 1.82) is 0 Å². The Labute approximate surface area is 168 Å². The van der Waals surface area contributed by atoms with Gasteiger partial charge in [0.2, 0.25) is 5.91 Å². The van der Waals surface area contributed by atoms with E-state index >= 15 is 0 Å². The van der Waals surface area contributed by atoms with Gasteiger partial charge in [-0.2, -0.15) is 5.10 Å². The van der Waals surface area contributed by atoms with Crippen molar-refractivity contribution in [3.63, 3.8) is 0 Å². The summed E-state index contributed by atoms with van der Waals surface area (Å²) in [5.41, 5.74) is 3.53. The summed E-state index contributed by atoms with van der Waals surface area (Å²) in [5.74, 6) is 1.86. The highest BCUT2D eigenvalue weighted by atomic mass is 16.3. The molecule has 2 N–H and O–H groups in total. The normalized spacial score (nSPS) is 12.2. The zero-order valence-corrected chi connectivity index (χ0v) is 16.7. The van der Waals surface area contributed by atoms with Crippen LogP contribution in [0.2, 0.25) is 0 Å². The van der Waals surface area contributed by atoms with Gasteiger partial charge >= 0.3 is 0 Å². The Morgan fingerprint density at radius 1 is 1.28 bits per heavy atom. The highest BCUT2D eigenvalue weighted by molar-refractivity contribution is 5.88. The number of rotatable bonds is 6. The van der Waals surface area contributed by atoms with Crippen molar-refractivity contribution in [2.75, 3.05) is 0 Å². The number of nitrogens with one attached hydrogen (secondary N) is 2. The number of aromatic amines is 1. The summed E-state index contributed by atoms with van der Waals surface area (Å²) in [6.07, 6.45) is 2.72. The van der Waals surface area contributed by atoms with Crippen LogP contribution in [0.25, 0.3) is 22.5 Å². The van der Waals surface area contributed by atoms with Crippen LogP contribution < -0.4 is 5.32 Å². The number of benzene rings is 1. The molecule has 1 amide bonds. The van der Waals surface area contributed by atoms with Gasteiger partial charge in [-0.25, -0.2) is 4.98 Å². The van der Waals surface area contributed by atoms with Gasteiger partial charge in [-0.15, -0.1) is 0 Å². The van der Waals surface area contributed by atoms with Crippen LogP contribution in [0, 0.1) is 6.92 Å². The Morgan fingerprint density at radius 2 is 2.10 bits per heavy atom. The van der Waals surface area contributed by atoms with E-state index in [1.54, 1.807) is 6.20 Å². The van der Waals surface area contributed by atoms with Crippen LogP contribution in [-0.4, -0.2) is 26.1 Å². The number of carbonyl (C=O) groups is 1. The quantitative estimate of drug-likeness (QED) is 0.521. The molecule has 0 saturated carbocycles. The van der Waals surface area contributed by atoms with E-state index in [1.165, 1.54) is 0 Å². The van der Waals surface area contributed by atoms with E-state index in [1.807, 2.05) is 57.2 Å². The summed E-state index contributed by atoms with van der Waals surface area (Å²) < 4.78 is 5.89. The number of para-hydroxylation sites is 1. The van der Waals surface area contributed by atoms with E-state index < -0.39 is 0 Å². The van der Waals surface area contributed by atoms with E-state index in [2.05, 4.69) is 25.5 Å². The minimum Gasteiger partial charge on any atom is -0.461 e. The number of nitrogens with zero attached hydrogens (tertiary/aromatic N) is 3. The van der Waals surface area contributed by atoms with Gasteiger partial charge < -0.3 is 9.73 Å². The Hall–Kier alpha value is -3.48. The van der Waals surface area contributed by atoms with Crippen molar-refractivity contribution < 1.29 is 9.21 Å². The van der Waals surface area contributed by atoms with E-state index in [0.717, 1.165) is 34.3 Å². The third-order valence-electron chi connectivity index (χ3n) is 4.88. The highest BCUT2D eigenvalue weighted by Crippen LogP contribution is 2.27. The molecule has 0 aliphatic rings. The number of pyridine rings is 1. The largest absolute Gasteiger partial charge is 0.461 e. The molecule has 0 fully saturated rings. The van der Waals surface area contributed by atoms with Crippen LogP contribution in [0.5, 0.6) is 0 Å². The lowest BCUT2D eigenvalue weighted by Gasteiger charge is -2.11. The third kappa shape index (κ3) is 3.89. The molecule has 1 unspecified atom stereocenters. The number of furan rings is 1. The predicted octanol–water partition coefficient (Wildman–Crippen LogP) is 3.90. The van der Waals surface area contributed by atoms with Gasteiger partial charge in [-0.3, -0.25) is 14.9 Å². The first-order valence-electron chi connectivity index (χ1n) is 9.69. The monoisotopic (exact) mass is 389 g/mol. The SMILES string of the molecule is CCc1oc2ccccc2c1CC(=O)NC(C)c1nc(-c2cc(C)ccn2)n[nH]1. The molecule has 7 nitrogen and oxygen atoms in total. The number of hydrogen-bond acceptors (Lipinski definition) is 5. The minimum atomic E-state index is -0.309. The van der Waals surface area contributed by atoms with Crippen molar-refractivity contribution in [2.24, 2.45) is 0 Å².